The van der Waals surface area contributed by atoms with Crippen molar-refractivity contribution in [1.29, 1.82) is 0 Å². The van der Waals surface area contributed by atoms with E-state index in [0.29, 0.717) is 31.6 Å². The zero-order valence-corrected chi connectivity index (χ0v) is 22.6. The van der Waals surface area contributed by atoms with Gasteiger partial charge < -0.3 is 9.32 Å². The fourth-order valence-corrected chi connectivity index (χ4v) is 8.54. The summed E-state index contributed by atoms with van der Waals surface area (Å²) in [5.41, 5.74) is -0.126. The maximum atomic E-state index is 13.8. The molecule has 0 saturated heterocycles. The van der Waals surface area contributed by atoms with Gasteiger partial charge in [0.25, 0.3) is 0 Å². The van der Waals surface area contributed by atoms with Gasteiger partial charge in [0, 0.05) is 24.4 Å². The molecular formula is C28H38N2O5S. The van der Waals surface area contributed by atoms with Gasteiger partial charge in [0.1, 0.15) is 11.5 Å². The summed E-state index contributed by atoms with van der Waals surface area (Å²) < 4.78 is 34.3. The number of amides is 1. The summed E-state index contributed by atoms with van der Waals surface area (Å²) in [5.74, 6) is 0.430. The second-order valence-electron chi connectivity index (χ2n) is 11.2. The van der Waals surface area contributed by atoms with E-state index in [0.717, 1.165) is 12.0 Å². The maximum absolute atomic E-state index is 13.8. The van der Waals surface area contributed by atoms with Crippen LogP contribution in [0.25, 0.3) is 0 Å². The molecule has 7 nitrogen and oxygen atoms in total. The van der Waals surface area contributed by atoms with E-state index in [1.54, 1.807) is 31.1 Å². The number of carbonyl (C=O) groups excluding carboxylic acids is 2. The lowest BCUT2D eigenvalue weighted by Crippen LogP contribution is -2.51. The Morgan fingerprint density at radius 2 is 1.86 bits per heavy atom. The van der Waals surface area contributed by atoms with Crippen LogP contribution in [-0.4, -0.2) is 54.2 Å². The van der Waals surface area contributed by atoms with Crippen LogP contribution >= 0.6 is 0 Å². The van der Waals surface area contributed by atoms with Crippen molar-refractivity contribution in [3.05, 3.63) is 60.1 Å². The summed E-state index contributed by atoms with van der Waals surface area (Å²) in [6.07, 6.45) is 4.15. The van der Waals surface area contributed by atoms with Crippen LogP contribution in [-0.2, 0) is 32.6 Å². The van der Waals surface area contributed by atoms with Crippen LogP contribution in [0.2, 0.25) is 0 Å². The first kappa shape index (κ1) is 26.6. The number of hydrogen-bond donors (Lipinski definition) is 0. The van der Waals surface area contributed by atoms with Crippen LogP contribution in [0.1, 0.15) is 58.3 Å². The Balaban J connectivity index is 1.53. The molecule has 2 unspecified atom stereocenters. The summed E-state index contributed by atoms with van der Waals surface area (Å²) in [5, 5.41) is 0. The maximum Gasteiger partial charge on any atom is 0.238 e. The van der Waals surface area contributed by atoms with E-state index >= 15 is 0 Å². The molecule has 1 amide bonds. The van der Waals surface area contributed by atoms with Crippen LogP contribution in [0.3, 0.4) is 0 Å². The van der Waals surface area contributed by atoms with Crippen LogP contribution < -0.4 is 0 Å². The average molecular weight is 515 g/mol. The summed E-state index contributed by atoms with van der Waals surface area (Å²) >= 11 is 0. The van der Waals surface area contributed by atoms with Crippen LogP contribution in [0, 0.1) is 16.7 Å². The highest BCUT2D eigenvalue weighted by molar-refractivity contribution is 7.89. The number of fused-ring (bicyclic) bond motifs is 2. The number of furan rings is 1. The van der Waals surface area contributed by atoms with E-state index in [2.05, 4.69) is 0 Å². The minimum atomic E-state index is -3.87. The molecule has 2 aliphatic carbocycles. The van der Waals surface area contributed by atoms with E-state index in [4.69, 9.17) is 4.42 Å². The number of carbonyl (C=O) groups is 2. The molecule has 0 radical (unpaired) electrons. The molecule has 2 bridgehead atoms. The van der Waals surface area contributed by atoms with Gasteiger partial charge in [-0.05, 0) is 62.1 Å². The molecule has 196 valence electrons. The standard InChI is InChI=1S/C28H38N2O5S/c1-21(2)30(36(33,34)20-28-14-12-23(17-25(28)31)27(28,3)4)19-26(32)29(18-24-11-8-16-35-24)15-13-22-9-6-5-7-10-22/h5-11,16,21,23H,12-15,17-20H2,1-4H3. The van der Waals surface area contributed by atoms with Crippen molar-refractivity contribution in [3.8, 4) is 0 Å². The quantitative estimate of drug-likeness (QED) is 0.447. The number of hydrogen-bond acceptors (Lipinski definition) is 5. The molecule has 1 aromatic carbocycles. The third-order valence-corrected chi connectivity index (χ3v) is 10.7. The SMILES string of the molecule is CC(C)N(CC(=O)N(CCc1ccccc1)Cc1ccco1)S(=O)(=O)CC12CCC(CC1=O)C2(C)C. The highest BCUT2D eigenvalue weighted by atomic mass is 32.2. The molecule has 2 saturated carbocycles. The molecule has 36 heavy (non-hydrogen) atoms. The van der Waals surface area contributed by atoms with Crippen LogP contribution in [0.4, 0.5) is 0 Å². The fourth-order valence-electron chi connectivity index (χ4n) is 6.13. The van der Waals surface area contributed by atoms with Gasteiger partial charge in [-0.15, -0.1) is 0 Å². The second kappa shape index (κ2) is 10.1. The Kier molecular flexibility index (Phi) is 7.49. The largest absolute Gasteiger partial charge is 0.467 e. The lowest BCUT2D eigenvalue weighted by atomic mass is 9.70. The third kappa shape index (κ3) is 5.02. The molecule has 1 heterocycles. The van der Waals surface area contributed by atoms with Crippen molar-refractivity contribution in [2.45, 2.75) is 66.0 Å². The van der Waals surface area contributed by atoms with Gasteiger partial charge >= 0.3 is 0 Å². The number of Topliss-reactive ketones (excluding diaryl/α,β-unsaturated/α-hetero) is 1. The second-order valence-corrected chi connectivity index (χ2v) is 13.1. The molecule has 0 N–H and O–H groups in total. The number of benzene rings is 1. The lowest BCUT2D eigenvalue weighted by Gasteiger charge is -2.38. The van der Waals surface area contributed by atoms with Gasteiger partial charge in [0.05, 0.1) is 25.1 Å². The lowest BCUT2D eigenvalue weighted by molar-refractivity contribution is -0.132. The smallest absolute Gasteiger partial charge is 0.238 e. The van der Waals surface area contributed by atoms with Gasteiger partial charge in [0.2, 0.25) is 15.9 Å². The Morgan fingerprint density at radius 3 is 2.42 bits per heavy atom. The molecule has 4 rings (SSSR count). The molecule has 1 aromatic heterocycles. The van der Waals surface area contributed by atoms with Gasteiger partial charge in [-0.3, -0.25) is 9.59 Å². The van der Waals surface area contributed by atoms with Gasteiger partial charge in [-0.25, -0.2) is 8.42 Å². The Bertz CT molecular complexity index is 1170. The van der Waals surface area contributed by atoms with Crippen molar-refractivity contribution in [2.75, 3.05) is 18.8 Å². The number of nitrogens with zero attached hydrogens (tertiary/aromatic N) is 2. The third-order valence-electron chi connectivity index (χ3n) is 8.59. The minimum Gasteiger partial charge on any atom is -0.467 e. The Hall–Kier alpha value is -2.45. The van der Waals surface area contributed by atoms with Gasteiger partial charge in [-0.2, -0.15) is 4.31 Å². The first-order valence-electron chi connectivity index (χ1n) is 12.8. The molecule has 8 heteroatoms. The highest BCUT2D eigenvalue weighted by Gasteiger charge is 2.65. The summed E-state index contributed by atoms with van der Waals surface area (Å²) in [6, 6.07) is 13.1. The molecule has 2 aromatic rings. The minimum absolute atomic E-state index is 0.0599. The zero-order valence-electron chi connectivity index (χ0n) is 21.8. The van der Waals surface area contributed by atoms with Crippen LogP contribution in [0.15, 0.2) is 53.1 Å². The Morgan fingerprint density at radius 1 is 1.14 bits per heavy atom. The van der Waals surface area contributed by atoms with E-state index in [-0.39, 0.29) is 41.9 Å². The van der Waals surface area contributed by atoms with Crippen molar-refractivity contribution < 1.29 is 22.4 Å². The van der Waals surface area contributed by atoms with Crippen molar-refractivity contribution in [2.24, 2.45) is 16.7 Å². The molecule has 2 fully saturated rings. The fraction of sp³-hybridized carbons (Fsp3) is 0.571. The van der Waals surface area contributed by atoms with Crippen molar-refractivity contribution in [1.82, 2.24) is 9.21 Å². The van der Waals surface area contributed by atoms with E-state index in [1.165, 1.54) is 4.31 Å². The molecular weight excluding hydrogens is 476 g/mol. The molecule has 2 aliphatic rings. The number of ketones is 1. The van der Waals surface area contributed by atoms with Crippen molar-refractivity contribution >= 4 is 21.7 Å². The molecule has 0 spiro atoms. The predicted octanol–water partition coefficient (Wildman–Crippen LogP) is 4.29. The first-order chi connectivity index (χ1) is 17.0. The topological polar surface area (TPSA) is 87.9 Å². The summed E-state index contributed by atoms with van der Waals surface area (Å²) in [7, 11) is -3.87. The van der Waals surface area contributed by atoms with E-state index in [1.807, 2.05) is 50.2 Å². The zero-order chi connectivity index (χ0) is 26.1. The monoisotopic (exact) mass is 514 g/mol. The molecule has 0 aliphatic heterocycles. The van der Waals surface area contributed by atoms with Crippen LogP contribution in [0.5, 0.6) is 0 Å². The normalized spacial score (nSPS) is 23.1. The molecule has 2 atom stereocenters. The Labute approximate surface area is 214 Å². The van der Waals surface area contributed by atoms with E-state index < -0.39 is 21.5 Å². The predicted molar refractivity (Wildman–Crippen MR) is 138 cm³/mol. The van der Waals surface area contributed by atoms with Gasteiger partial charge in [-0.1, -0.05) is 44.2 Å². The average Bonchev–Trinajstić information content (AvgIpc) is 3.46. The first-order valence-corrected chi connectivity index (χ1v) is 14.4. The van der Waals surface area contributed by atoms with Gasteiger partial charge in [0.15, 0.2) is 0 Å². The number of sulfonamides is 1. The number of rotatable bonds is 11. The van der Waals surface area contributed by atoms with E-state index in [9.17, 15) is 18.0 Å². The highest BCUT2D eigenvalue weighted by Crippen LogP contribution is 2.64. The summed E-state index contributed by atoms with van der Waals surface area (Å²) in [4.78, 5) is 28.2. The van der Waals surface area contributed by atoms with Crippen molar-refractivity contribution in [3.63, 3.8) is 0 Å². The summed E-state index contributed by atoms with van der Waals surface area (Å²) in [6.45, 7) is 8.07.